The minimum atomic E-state index is -0.426. The largest absolute Gasteiger partial charge is 0.392 e. The number of thiophene rings is 1. The Labute approximate surface area is 115 Å². The second-order valence-electron chi connectivity index (χ2n) is 3.85. The molecule has 17 heavy (non-hydrogen) atoms. The smallest absolute Gasteiger partial charge is 0.0629 e. The highest BCUT2D eigenvalue weighted by Crippen LogP contribution is 2.27. The molecule has 0 amide bonds. The van der Waals surface area contributed by atoms with Crippen molar-refractivity contribution >= 4 is 34.5 Å². The first-order valence-electron chi connectivity index (χ1n) is 5.30. The lowest BCUT2D eigenvalue weighted by atomic mass is 10.1. The lowest BCUT2D eigenvalue weighted by Gasteiger charge is -2.11. The molecule has 90 valence electrons. The Morgan fingerprint density at radius 1 is 1.12 bits per heavy atom. The minimum absolute atomic E-state index is 0.426. The molecule has 0 spiro atoms. The Kier molecular flexibility index (Phi) is 4.46. The molecule has 0 aliphatic heterocycles. The van der Waals surface area contributed by atoms with Crippen molar-refractivity contribution in [2.24, 2.45) is 0 Å². The summed E-state index contributed by atoms with van der Waals surface area (Å²) in [5.41, 5.74) is 0.892. The SMILES string of the molecule is OC(Cc1cccs1)Cc1cccc(Cl)c1Cl. The van der Waals surface area contributed by atoms with Gasteiger partial charge in [-0.1, -0.05) is 41.4 Å². The van der Waals surface area contributed by atoms with Gasteiger partial charge in [0.2, 0.25) is 0 Å². The maximum absolute atomic E-state index is 9.99. The van der Waals surface area contributed by atoms with Crippen LogP contribution in [0.1, 0.15) is 10.4 Å². The fourth-order valence-electron chi connectivity index (χ4n) is 1.69. The molecular weight excluding hydrogens is 275 g/mol. The molecule has 0 radical (unpaired) electrons. The van der Waals surface area contributed by atoms with Gasteiger partial charge in [0.25, 0.3) is 0 Å². The van der Waals surface area contributed by atoms with Crippen LogP contribution in [0, 0.1) is 0 Å². The number of benzene rings is 1. The average molecular weight is 287 g/mol. The van der Waals surface area contributed by atoms with Gasteiger partial charge in [0.1, 0.15) is 0 Å². The monoisotopic (exact) mass is 286 g/mol. The molecule has 1 N–H and O–H groups in total. The molecule has 2 aromatic rings. The van der Waals surface area contributed by atoms with Crippen LogP contribution in [0.5, 0.6) is 0 Å². The zero-order chi connectivity index (χ0) is 12.3. The zero-order valence-corrected chi connectivity index (χ0v) is 11.4. The zero-order valence-electron chi connectivity index (χ0n) is 9.07. The van der Waals surface area contributed by atoms with E-state index in [1.54, 1.807) is 17.4 Å². The van der Waals surface area contributed by atoms with Gasteiger partial charge in [-0.05, 0) is 23.1 Å². The molecule has 2 rings (SSSR count). The normalized spacial score (nSPS) is 12.6. The number of halogens is 2. The highest BCUT2D eigenvalue weighted by molar-refractivity contribution is 7.09. The minimum Gasteiger partial charge on any atom is -0.392 e. The third kappa shape index (κ3) is 3.46. The third-order valence-corrected chi connectivity index (χ3v) is 4.26. The van der Waals surface area contributed by atoms with Crippen LogP contribution in [0.15, 0.2) is 35.7 Å². The van der Waals surface area contributed by atoms with Crippen molar-refractivity contribution in [3.05, 3.63) is 56.2 Å². The Bertz CT molecular complexity index is 482. The summed E-state index contributed by atoms with van der Waals surface area (Å²) in [7, 11) is 0. The van der Waals surface area contributed by atoms with E-state index in [9.17, 15) is 5.11 Å². The summed E-state index contributed by atoms with van der Waals surface area (Å²) in [6.07, 6.45) is 0.752. The lowest BCUT2D eigenvalue weighted by molar-refractivity contribution is 0.176. The molecule has 1 aromatic carbocycles. The standard InChI is InChI=1S/C13H12Cl2OS/c14-12-5-1-3-9(13(12)15)7-10(16)8-11-4-2-6-17-11/h1-6,10,16H,7-8H2. The lowest BCUT2D eigenvalue weighted by Crippen LogP contribution is -2.13. The Hall–Kier alpha value is -0.540. The first kappa shape index (κ1) is 12.9. The van der Waals surface area contributed by atoms with Crippen molar-refractivity contribution in [3.63, 3.8) is 0 Å². The van der Waals surface area contributed by atoms with E-state index in [-0.39, 0.29) is 0 Å². The Morgan fingerprint density at radius 3 is 2.65 bits per heavy atom. The van der Waals surface area contributed by atoms with E-state index in [2.05, 4.69) is 0 Å². The van der Waals surface area contributed by atoms with Crippen LogP contribution in [0.4, 0.5) is 0 Å². The number of hydrogen-bond donors (Lipinski definition) is 1. The van der Waals surface area contributed by atoms with Crippen LogP contribution in [0.25, 0.3) is 0 Å². The molecule has 0 saturated heterocycles. The van der Waals surface area contributed by atoms with E-state index in [0.717, 1.165) is 5.56 Å². The van der Waals surface area contributed by atoms with E-state index in [4.69, 9.17) is 23.2 Å². The topological polar surface area (TPSA) is 20.2 Å². The average Bonchev–Trinajstić information content (AvgIpc) is 2.77. The first-order chi connectivity index (χ1) is 8.16. The van der Waals surface area contributed by atoms with Crippen molar-refractivity contribution in [2.45, 2.75) is 18.9 Å². The summed E-state index contributed by atoms with van der Waals surface area (Å²) in [6.45, 7) is 0. The number of rotatable bonds is 4. The molecule has 4 heteroatoms. The quantitative estimate of drug-likeness (QED) is 0.893. The van der Waals surface area contributed by atoms with Crippen molar-refractivity contribution in [1.29, 1.82) is 0 Å². The number of aliphatic hydroxyl groups excluding tert-OH is 1. The first-order valence-corrected chi connectivity index (χ1v) is 6.93. The molecule has 1 nitrogen and oxygen atoms in total. The second kappa shape index (κ2) is 5.87. The molecule has 1 atom stereocenters. The van der Waals surface area contributed by atoms with Crippen molar-refractivity contribution in [3.8, 4) is 0 Å². The van der Waals surface area contributed by atoms with Gasteiger partial charge in [0, 0.05) is 17.7 Å². The van der Waals surface area contributed by atoms with Crippen LogP contribution >= 0.6 is 34.5 Å². The van der Waals surface area contributed by atoms with Crippen LogP contribution in [0.2, 0.25) is 10.0 Å². The second-order valence-corrected chi connectivity index (χ2v) is 5.67. The fraction of sp³-hybridized carbons (Fsp3) is 0.231. The molecule has 0 bridgehead atoms. The highest BCUT2D eigenvalue weighted by Gasteiger charge is 2.11. The number of hydrogen-bond acceptors (Lipinski definition) is 2. The van der Waals surface area contributed by atoms with Crippen LogP contribution in [-0.2, 0) is 12.8 Å². The summed E-state index contributed by atoms with van der Waals surface area (Å²) in [6, 6.07) is 9.50. The molecule has 1 aromatic heterocycles. The van der Waals surface area contributed by atoms with E-state index in [1.165, 1.54) is 4.88 Å². The summed E-state index contributed by atoms with van der Waals surface area (Å²) in [4.78, 5) is 1.18. The van der Waals surface area contributed by atoms with Gasteiger partial charge in [-0.25, -0.2) is 0 Å². The van der Waals surface area contributed by atoms with E-state index >= 15 is 0 Å². The van der Waals surface area contributed by atoms with E-state index in [1.807, 2.05) is 29.6 Å². The van der Waals surface area contributed by atoms with Gasteiger partial charge in [-0.3, -0.25) is 0 Å². The van der Waals surface area contributed by atoms with Crippen LogP contribution in [0.3, 0.4) is 0 Å². The summed E-state index contributed by atoms with van der Waals surface area (Å²) in [5, 5.41) is 13.1. The van der Waals surface area contributed by atoms with E-state index in [0.29, 0.717) is 22.9 Å². The van der Waals surface area contributed by atoms with Gasteiger partial charge in [-0.15, -0.1) is 11.3 Å². The van der Waals surface area contributed by atoms with Crippen molar-refractivity contribution in [2.75, 3.05) is 0 Å². The van der Waals surface area contributed by atoms with Gasteiger partial charge in [0.05, 0.1) is 16.1 Å². The fourth-order valence-corrected chi connectivity index (χ4v) is 2.87. The molecule has 1 unspecified atom stereocenters. The predicted molar refractivity (Wildman–Crippen MR) is 74.2 cm³/mol. The predicted octanol–water partition coefficient (Wildman–Crippen LogP) is 4.20. The Morgan fingerprint density at radius 2 is 1.94 bits per heavy atom. The molecule has 0 saturated carbocycles. The summed E-state index contributed by atoms with van der Waals surface area (Å²) < 4.78 is 0. The summed E-state index contributed by atoms with van der Waals surface area (Å²) >= 11 is 13.7. The van der Waals surface area contributed by atoms with Gasteiger partial charge in [0.15, 0.2) is 0 Å². The molecule has 0 aliphatic carbocycles. The van der Waals surface area contributed by atoms with Crippen LogP contribution in [-0.4, -0.2) is 11.2 Å². The summed E-state index contributed by atoms with van der Waals surface area (Å²) in [5.74, 6) is 0. The number of aliphatic hydroxyl groups is 1. The molecule has 0 fully saturated rings. The van der Waals surface area contributed by atoms with E-state index < -0.39 is 6.10 Å². The van der Waals surface area contributed by atoms with Crippen LogP contribution < -0.4 is 0 Å². The molecule has 0 aliphatic rings. The maximum Gasteiger partial charge on any atom is 0.0629 e. The maximum atomic E-state index is 9.99. The van der Waals surface area contributed by atoms with Gasteiger partial charge < -0.3 is 5.11 Å². The van der Waals surface area contributed by atoms with Crippen molar-refractivity contribution in [1.82, 2.24) is 0 Å². The van der Waals surface area contributed by atoms with Gasteiger partial charge >= 0.3 is 0 Å². The highest BCUT2D eigenvalue weighted by atomic mass is 35.5. The van der Waals surface area contributed by atoms with Gasteiger partial charge in [-0.2, -0.15) is 0 Å². The molecular formula is C13H12Cl2OS. The molecule has 1 heterocycles. The third-order valence-electron chi connectivity index (χ3n) is 2.50. The Balaban J connectivity index is 2.03. The van der Waals surface area contributed by atoms with Crippen molar-refractivity contribution < 1.29 is 5.11 Å².